The number of sulfonamides is 1. The van der Waals surface area contributed by atoms with Crippen LogP contribution in [0.1, 0.15) is 31.4 Å². The number of amides is 1. The molecule has 0 radical (unpaired) electrons. The number of carbonyl (C=O) groups excluding carboxylic acids is 1. The maximum atomic E-state index is 12.1. The number of nitrogens with zero attached hydrogens (tertiary/aromatic N) is 1. The molecule has 6 heteroatoms. The molecule has 1 saturated heterocycles. The number of benzene rings is 1. The van der Waals surface area contributed by atoms with E-state index in [2.05, 4.69) is 4.72 Å². The highest BCUT2D eigenvalue weighted by Crippen LogP contribution is 2.19. The van der Waals surface area contributed by atoms with Crippen molar-refractivity contribution in [2.45, 2.75) is 39.0 Å². The van der Waals surface area contributed by atoms with Crippen molar-refractivity contribution in [3.8, 4) is 0 Å². The van der Waals surface area contributed by atoms with Gasteiger partial charge in [-0.05, 0) is 32.3 Å². The normalized spacial score (nSPS) is 19.2. The van der Waals surface area contributed by atoms with Crippen molar-refractivity contribution in [1.29, 1.82) is 0 Å². The van der Waals surface area contributed by atoms with Crippen LogP contribution in [-0.2, 0) is 20.6 Å². The Hall–Kier alpha value is -1.40. The summed E-state index contributed by atoms with van der Waals surface area (Å²) in [6, 6.07) is 7.63. The van der Waals surface area contributed by atoms with E-state index in [1.165, 1.54) is 0 Å². The fraction of sp³-hybridized carbons (Fsp3) is 0.562. The first-order valence-electron chi connectivity index (χ1n) is 7.59. The summed E-state index contributed by atoms with van der Waals surface area (Å²) in [5, 5.41) is 0. The summed E-state index contributed by atoms with van der Waals surface area (Å²) >= 11 is 0. The van der Waals surface area contributed by atoms with Crippen LogP contribution in [0, 0.1) is 12.8 Å². The average molecular weight is 324 g/mol. The summed E-state index contributed by atoms with van der Waals surface area (Å²) in [6.45, 7) is 6.87. The minimum absolute atomic E-state index is 0.0260. The van der Waals surface area contributed by atoms with Gasteiger partial charge in [0.05, 0.1) is 5.75 Å². The lowest BCUT2D eigenvalue weighted by atomic mass is 10.1. The van der Waals surface area contributed by atoms with Gasteiger partial charge in [0.1, 0.15) is 0 Å². The Balaban J connectivity index is 1.88. The molecule has 1 N–H and O–H groups in total. The van der Waals surface area contributed by atoms with Gasteiger partial charge >= 0.3 is 0 Å². The third-order valence-electron chi connectivity index (χ3n) is 3.93. The number of hydrogen-bond acceptors (Lipinski definition) is 3. The summed E-state index contributed by atoms with van der Waals surface area (Å²) in [5.74, 6) is 0.141. The Kier molecular flexibility index (Phi) is 5.24. The first-order chi connectivity index (χ1) is 10.3. The van der Waals surface area contributed by atoms with Gasteiger partial charge in [-0.15, -0.1) is 0 Å². The summed E-state index contributed by atoms with van der Waals surface area (Å²) in [7, 11) is -3.37. The van der Waals surface area contributed by atoms with E-state index in [-0.39, 0.29) is 23.6 Å². The molecule has 2 rings (SSSR count). The van der Waals surface area contributed by atoms with E-state index in [1.807, 2.05) is 45.0 Å². The van der Waals surface area contributed by atoms with Crippen LogP contribution in [0.5, 0.6) is 0 Å². The molecule has 0 bridgehead atoms. The maximum absolute atomic E-state index is 12.1. The number of hydrogen-bond donors (Lipinski definition) is 1. The quantitative estimate of drug-likeness (QED) is 0.865. The first kappa shape index (κ1) is 17.0. The van der Waals surface area contributed by atoms with Crippen LogP contribution < -0.4 is 4.72 Å². The van der Waals surface area contributed by atoms with Crippen LogP contribution >= 0.6 is 0 Å². The average Bonchev–Trinajstić information content (AvgIpc) is 2.81. The second-order valence-corrected chi connectivity index (χ2v) is 8.11. The van der Waals surface area contributed by atoms with Gasteiger partial charge in [0, 0.05) is 25.6 Å². The molecule has 1 aromatic rings. The molecule has 1 aromatic carbocycles. The van der Waals surface area contributed by atoms with Crippen LogP contribution in [0.25, 0.3) is 0 Å². The third kappa shape index (κ3) is 4.55. The SMILES string of the molecule is Cc1ccc(CS(=O)(=O)NCC2CC(=O)N(C(C)C)C2)cc1. The fourth-order valence-electron chi connectivity index (χ4n) is 2.64. The lowest BCUT2D eigenvalue weighted by Crippen LogP contribution is -2.34. The summed E-state index contributed by atoms with van der Waals surface area (Å²) < 4.78 is 26.9. The summed E-state index contributed by atoms with van der Waals surface area (Å²) in [5.41, 5.74) is 1.87. The van der Waals surface area contributed by atoms with Crippen LogP contribution in [0.4, 0.5) is 0 Å². The van der Waals surface area contributed by atoms with Gasteiger partial charge in [-0.25, -0.2) is 13.1 Å². The lowest BCUT2D eigenvalue weighted by Gasteiger charge is -2.21. The van der Waals surface area contributed by atoms with Gasteiger partial charge in [-0.2, -0.15) is 0 Å². The molecule has 0 aromatic heterocycles. The van der Waals surface area contributed by atoms with Gasteiger partial charge in [-0.3, -0.25) is 4.79 Å². The second-order valence-electron chi connectivity index (χ2n) is 6.30. The van der Waals surface area contributed by atoms with Gasteiger partial charge in [-0.1, -0.05) is 29.8 Å². The van der Waals surface area contributed by atoms with Crippen LogP contribution in [0.15, 0.2) is 24.3 Å². The highest BCUT2D eigenvalue weighted by Gasteiger charge is 2.31. The van der Waals surface area contributed by atoms with Gasteiger partial charge in [0.2, 0.25) is 15.9 Å². The zero-order chi connectivity index (χ0) is 16.3. The Morgan fingerprint density at radius 2 is 1.91 bits per heavy atom. The van der Waals surface area contributed by atoms with Crippen molar-refractivity contribution in [2.24, 2.45) is 5.92 Å². The molecule has 5 nitrogen and oxygen atoms in total. The molecular weight excluding hydrogens is 300 g/mol. The molecule has 0 aliphatic carbocycles. The Morgan fingerprint density at radius 3 is 2.45 bits per heavy atom. The Labute approximate surface area is 132 Å². The zero-order valence-corrected chi connectivity index (χ0v) is 14.2. The Morgan fingerprint density at radius 1 is 1.27 bits per heavy atom. The van der Waals surface area contributed by atoms with Crippen LogP contribution in [0.2, 0.25) is 0 Å². The minimum Gasteiger partial charge on any atom is -0.340 e. The van der Waals surface area contributed by atoms with Crippen molar-refractivity contribution in [3.05, 3.63) is 35.4 Å². The largest absolute Gasteiger partial charge is 0.340 e. The summed E-state index contributed by atoms with van der Waals surface area (Å²) in [4.78, 5) is 13.6. The molecule has 1 unspecified atom stereocenters. The Bertz CT molecular complexity index is 623. The molecule has 1 fully saturated rings. The van der Waals surface area contributed by atoms with E-state index in [4.69, 9.17) is 0 Å². The topological polar surface area (TPSA) is 66.5 Å². The van der Waals surface area contributed by atoms with Crippen molar-refractivity contribution < 1.29 is 13.2 Å². The zero-order valence-electron chi connectivity index (χ0n) is 13.4. The van der Waals surface area contributed by atoms with Crippen molar-refractivity contribution >= 4 is 15.9 Å². The van der Waals surface area contributed by atoms with Crippen molar-refractivity contribution in [1.82, 2.24) is 9.62 Å². The van der Waals surface area contributed by atoms with Crippen molar-refractivity contribution in [3.63, 3.8) is 0 Å². The van der Waals surface area contributed by atoms with E-state index >= 15 is 0 Å². The smallest absolute Gasteiger partial charge is 0.223 e. The predicted octanol–water partition coefficient (Wildman–Crippen LogP) is 1.67. The van der Waals surface area contributed by atoms with E-state index in [0.717, 1.165) is 11.1 Å². The predicted molar refractivity (Wildman–Crippen MR) is 86.8 cm³/mol. The highest BCUT2D eigenvalue weighted by atomic mass is 32.2. The number of likely N-dealkylation sites (tertiary alicyclic amines) is 1. The number of rotatable bonds is 6. The molecule has 1 heterocycles. The minimum atomic E-state index is -3.37. The second kappa shape index (κ2) is 6.79. The van der Waals surface area contributed by atoms with E-state index < -0.39 is 10.0 Å². The lowest BCUT2D eigenvalue weighted by molar-refractivity contribution is -0.129. The number of carbonyl (C=O) groups is 1. The van der Waals surface area contributed by atoms with E-state index in [9.17, 15) is 13.2 Å². The standard InChI is InChI=1S/C16H24N2O3S/c1-12(2)18-10-15(8-16(18)19)9-17-22(20,21)11-14-6-4-13(3)5-7-14/h4-7,12,15,17H,8-11H2,1-3H3. The third-order valence-corrected chi connectivity index (χ3v) is 5.25. The van der Waals surface area contributed by atoms with Crippen LogP contribution in [-0.4, -0.2) is 38.4 Å². The van der Waals surface area contributed by atoms with Gasteiger partial charge in [0.25, 0.3) is 0 Å². The molecule has 22 heavy (non-hydrogen) atoms. The molecule has 0 saturated carbocycles. The molecular formula is C16H24N2O3S. The van der Waals surface area contributed by atoms with Crippen molar-refractivity contribution in [2.75, 3.05) is 13.1 Å². The maximum Gasteiger partial charge on any atom is 0.223 e. The number of nitrogens with one attached hydrogen (secondary N) is 1. The molecule has 1 amide bonds. The molecule has 1 aliphatic rings. The summed E-state index contributed by atoms with van der Waals surface area (Å²) in [6.07, 6.45) is 0.422. The van der Waals surface area contributed by atoms with E-state index in [0.29, 0.717) is 19.5 Å². The van der Waals surface area contributed by atoms with Gasteiger partial charge < -0.3 is 4.90 Å². The molecule has 1 aliphatic heterocycles. The van der Waals surface area contributed by atoms with E-state index in [1.54, 1.807) is 4.90 Å². The van der Waals surface area contributed by atoms with Gasteiger partial charge in [0.15, 0.2) is 0 Å². The first-order valence-corrected chi connectivity index (χ1v) is 9.24. The molecule has 1 atom stereocenters. The monoisotopic (exact) mass is 324 g/mol. The van der Waals surface area contributed by atoms with Crippen LogP contribution in [0.3, 0.4) is 0 Å². The highest BCUT2D eigenvalue weighted by molar-refractivity contribution is 7.88. The number of aryl methyl sites for hydroxylation is 1. The fourth-order valence-corrected chi connectivity index (χ4v) is 3.87. The molecule has 122 valence electrons. The molecule has 0 spiro atoms.